The lowest BCUT2D eigenvalue weighted by Gasteiger charge is -2.12. The van der Waals surface area contributed by atoms with Crippen molar-refractivity contribution in [3.63, 3.8) is 0 Å². The van der Waals surface area contributed by atoms with Gasteiger partial charge < -0.3 is 15.2 Å². The molecule has 38 heavy (non-hydrogen) atoms. The summed E-state index contributed by atoms with van der Waals surface area (Å²) in [6.07, 6.45) is 0.195. The summed E-state index contributed by atoms with van der Waals surface area (Å²) in [7, 11) is -3.13. The van der Waals surface area contributed by atoms with Crippen LogP contribution in [0.5, 0.6) is 11.5 Å². The monoisotopic (exact) mass is 573 g/mol. The van der Waals surface area contributed by atoms with Crippen molar-refractivity contribution in [3.8, 4) is 11.5 Å². The predicted octanol–water partition coefficient (Wildman–Crippen LogP) is 7.34. The van der Waals surface area contributed by atoms with Gasteiger partial charge in [0.1, 0.15) is 16.3 Å². The van der Waals surface area contributed by atoms with Gasteiger partial charge >= 0.3 is 0 Å². The summed E-state index contributed by atoms with van der Waals surface area (Å²) in [6.45, 7) is 1.68. The molecule has 1 amide bonds. The summed E-state index contributed by atoms with van der Waals surface area (Å²) in [5.41, 5.74) is 0.565. The van der Waals surface area contributed by atoms with E-state index in [0.717, 1.165) is 6.07 Å². The number of hydrogen-bond donors (Lipinski definition) is 3. The number of nitrogens with one attached hydrogen (secondary N) is 1. The molecule has 0 heterocycles. The smallest absolute Gasteiger partial charge is 0.294 e. The summed E-state index contributed by atoms with van der Waals surface area (Å²) in [5, 5.41) is 23.6. The van der Waals surface area contributed by atoms with E-state index in [4.69, 9.17) is 27.9 Å². The number of nitrogens with zero attached hydrogens (tertiary/aromatic N) is 2. The predicted molar refractivity (Wildman–Crippen MR) is 146 cm³/mol. The maximum Gasteiger partial charge on any atom is 0.294 e. The number of benzene rings is 4. The number of ether oxygens (including phenoxy) is 1. The molecule has 0 atom stereocenters. The van der Waals surface area contributed by atoms with Crippen LogP contribution in [0.15, 0.2) is 75.8 Å². The van der Waals surface area contributed by atoms with E-state index < -0.39 is 21.8 Å². The molecule has 9 nitrogen and oxygen atoms in total. The highest BCUT2D eigenvalue weighted by molar-refractivity contribution is 7.85. The Labute approximate surface area is 228 Å². The second-order valence-electron chi connectivity index (χ2n) is 8.08. The number of carbonyl (C=O) groups excluding carboxylic acids is 1. The van der Waals surface area contributed by atoms with Crippen LogP contribution in [0.1, 0.15) is 22.8 Å². The molecule has 4 aromatic carbocycles. The number of azo groups is 1. The topological polar surface area (TPSA) is 138 Å². The number of phenolic OH excluding ortho intramolecular Hbond substituents is 1. The molecule has 0 radical (unpaired) electrons. The number of halogens is 2. The van der Waals surface area contributed by atoms with Gasteiger partial charge in [0.2, 0.25) is 0 Å². The van der Waals surface area contributed by atoms with Crippen LogP contribution in [0.2, 0.25) is 10.0 Å². The highest BCUT2D eigenvalue weighted by Crippen LogP contribution is 2.41. The number of hydrogen-bond acceptors (Lipinski definition) is 7. The number of carbonyl (C=O) groups is 1. The Bertz CT molecular complexity index is 1710. The Morgan fingerprint density at radius 1 is 1.05 bits per heavy atom. The number of aromatic hydroxyl groups is 1. The van der Waals surface area contributed by atoms with E-state index in [-0.39, 0.29) is 38.8 Å². The second-order valence-corrected chi connectivity index (χ2v) is 10.3. The summed E-state index contributed by atoms with van der Waals surface area (Å²) in [5.74, 6) is -0.708. The Hall–Kier alpha value is -3.70. The van der Waals surface area contributed by atoms with E-state index in [0.29, 0.717) is 27.2 Å². The van der Waals surface area contributed by atoms with Crippen molar-refractivity contribution in [2.24, 2.45) is 10.2 Å². The first-order valence-corrected chi connectivity index (χ1v) is 13.3. The third-order valence-electron chi connectivity index (χ3n) is 5.69. The molecule has 12 heteroatoms. The van der Waals surface area contributed by atoms with Gasteiger partial charge in [-0.25, -0.2) is 0 Å². The quantitative estimate of drug-likeness (QED) is 0.156. The van der Waals surface area contributed by atoms with Crippen LogP contribution in [0.25, 0.3) is 10.8 Å². The van der Waals surface area contributed by atoms with Gasteiger partial charge in [-0.2, -0.15) is 13.5 Å². The minimum atomic E-state index is -4.58. The number of fused-ring (bicyclic) bond motifs is 1. The highest BCUT2D eigenvalue weighted by Gasteiger charge is 2.21. The third kappa shape index (κ3) is 5.58. The van der Waals surface area contributed by atoms with Crippen molar-refractivity contribution < 1.29 is 27.6 Å². The van der Waals surface area contributed by atoms with Crippen LogP contribution in [0.3, 0.4) is 0 Å². The van der Waals surface area contributed by atoms with Crippen LogP contribution in [0, 0.1) is 0 Å². The molecular weight excluding hydrogens is 553 g/mol. The molecule has 3 N–H and O–H groups in total. The molecular formula is C26H21Cl2N3O6S. The zero-order valence-electron chi connectivity index (χ0n) is 20.1. The summed E-state index contributed by atoms with van der Waals surface area (Å²) >= 11 is 12.1. The Morgan fingerprint density at radius 2 is 1.79 bits per heavy atom. The van der Waals surface area contributed by atoms with Gasteiger partial charge in [0.15, 0.2) is 5.75 Å². The molecule has 0 aliphatic carbocycles. The first-order chi connectivity index (χ1) is 18.0. The van der Waals surface area contributed by atoms with Crippen LogP contribution in [0.4, 0.5) is 17.1 Å². The van der Waals surface area contributed by atoms with E-state index in [1.54, 1.807) is 43.3 Å². The van der Waals surface area contributed by atoms with Crippen molar-refractivity contribution in [2.45, 2.75) is 18.2 Å². The molecule has 0 aromatic heterocycles. The lowest BCUT2D eigenvalue weighted by Crippen LogP contribution is -2.12. The van der Waals surface area contributed by atoms with Crippen LogP contribution < -0.4 is 10.1 Å². The van der Waals surface area contributed by atoms with E-state index in [1.165, 1.54) is 25.3 Å². The molecule has 0 bridgehead atoms. The molecule has 0 fully saturated rings. The maximum absolute atomic E-state index is 13.2. The second kappa shape index (κ2) is 11.0. The van der Waals surface area contributed by atoms with Crippen LogP contribution in [-0.2, 0) is 16.5 Å². The SMILES string of the molecule is CCc1c(N=Nc2c(O)c(C(=O)Nc3ccc(Cl)c(OC)c3)cc3ccccc23)cc(Cl)cc1S(=O)(=O)O. The Balaban J connectivity index is 1.82. The zero-order chi connectivity index (χ0) is 27.6. The minimum Gasteiger partial charge on any atom is -0.505 e. The molecule has 196 valence electrons. The molecule has 0 saturated carbocycles. The molecule has 0 saturated heterocycles. The van der Waals surface area contributed by atoms with E-state index in [2.05, 4.69) is 15.5 Å². The zero-order valence-corrected chi connectivity index (χ0v) is 22.4. The molecule has 0 unspecified atom stereocenters. The highest BCUT2D eigenvalue weighted by atomic mass is 35.5. The normalized spacial score (nSPS) is 11.7. The van der Waals surface area contributed by atoms with Crippen molar-refractivity contribution in [1.82, 2.24) is 0 Å². The third-order valence-corrected chi connectivity index (χ3v) is 7.14. The van der Waals surface area contributed by atoms with E-state index >= 15 is 0 Å². The first-order valence-electron chi connectivity index (χ1n) is 11.1. The number of amides is 1. The van der Waals surface area contributed by atoms with Crippen molar-refractivity contribution >= 4 is 67.1 Å². The van der Waals surface area contributed by atoms with E-state index in [9.17, 15) is 22.9 Å². The van der Waals surface area contributed by atoms with Gasteiger partial charge in [0.25, 0.3) is 16.0 Å². The average molecular weight is 574 g/mol. The number of anilines is 1. The van der Waals surface area contributed by atoms with E-state index in [1.807, 2.05) is 0 Å². The maximum atomic E-state index is 13.2. The van der Waals surface area contributed by atoms with Gasteiger partial charge in [-0.1, -0.05) is 54.4 Å². The van der Waals surface area contributed by atoms with Crippen molar-refractivity contribution in [1.29, 1.82) is 0 Å². The van der Waals surface area contributed by atoms with Crippen LogP contribution >= 0.6 is 23.2 Å². The standard InChI is InChI=1S/C26H21Cl2N3O6S/c1-3-17-21(11-15(27)12-23(17)38(34,35)36)30-31-24-18-7-5-4-6-14(18)10-19(25(24)32)26(33)29-16-8-9-20(28)22(13-16)37-2/h4-13,32H,3H2,1-2H3,(H,29,33)(H,34,35,36). The van der Waals surface area contributed by atoms with Gasteiger partial charge in [-0.3, -0.25) is 9.35 Å². The average Bonchev–Trinajstić information content (AvgIpc) is 2.88. The molecule has 4 rings (SSSR count). The molecule has 0 aliphatic rings. The number of rotatable bonds is 7. The lowest BCUT2D eigenvalue weighted by molar-refractivity contribution is 0.102. The summed E-state index contributed by atoms with van der Waals surface area (Å²) in [4.78, 5) is 12.8. The summed E-state index contributed by atoms with van der Waals surface area (Å²) in [6, 6.07) is 15.6. The van der Waals surface area contributed by atoms with Gasteiger partial charge in [0, 0.05) is 27.7 Å². The summed E-state index contributed by atoms with van der Waals surface area (Å²) < 4.78 is 38.6. The molecule has 0 spiro atoms. The molecule has 0 aliphatic heterocycles. The lowest BCUT2D eigenvalue weighted by atomic mass is 10.0. The van der Waals surface area contributed by atoms with Gasteiger partial charge in [-0.15, -0.1) is 5.11 Å². The van der Waals surface area contributed by atoms with Crippen molar-refractivity contribution in [2.75, 3.05) is 12.4 Å². The Kier molecular flexibility index (Phi) is 7.89. The van der Waals surface area contributed by atoms with Crippen LogP contribution in [-0.4, -0.2) is 31.1 Å². The van der Waals surface area contributed by atoms with Crippen molar-refractivity contribution in [3.05, 3.63) is 81.8 Å². The fraction of sp³-hybridized carbons (Fsp3) is 0.115. The first kappa shape index (κ1) is 27.3. The largest absolute Gasteiger partial charge is 0.505 e. The fourth-order valence-corrected chi connectivity index (χ4v) is 5.21. The Morgan fingerprint density at radius 3 is 2.47 bits per heavy atom. The van der Waals surface area contributed by atoms with Gasteiger partial charge in [0.05, 0.1) is 23.4 Å². The number of phenols is 1. The number of methoxy groups -OCH3 is 1. The molecule has 4 aromatic rings. The minimum absolute atomic E-state index is 0.0163. The fourth-order valence-electron chi connectivity index (χ4n) is 3.90. The van der Waals surface area contributed by atoms with Gasteiger partial charge in [-0.05, 0) is 42.1 Å².